The van der Waals surface area contributed by atoms with Crippen molar-refractivity contribution in [2.24, 2.45) is 0 Å². The highest BCUT2D eigenvalue weighted by Crippen LogP contribution is 2.25. The third-order valence-corrected chi connectivity index (χ3v) is 4.25. The first kappa shape index (κ1) is 23.5. The van der Waals surface area contributed by atoms with Crippen LogP contribution in [-0.2, 0) is 20.3 Å². The lowest BCUT2D eigenvalue weighted by atomic mass is 9.96. The zero-order chi connectivity index (χ0) is 21.1. The first-order valence-corrected chi connectivity index (χ1v) is 9.26. The summed E-state index contributed by atoms with van der Waals surface area (Å²) in [5, 5.41) is 0. The molecule has 156 valence electrons. The molecule has 0 amide bonds. The van der Waals surface area contributed by atoms with Crippen molar-refractivity contribution in [1.82, 2.24) is 19.4 Å². The molecule has 1 aliphatic heterocycles. The van der Waals surface area contributed by atoms with Crippen molar-refractivity contribution in [1.29, 1.82) is 0 Å². The minimum atomic E-state index is -6.09. The van der Waals surface area contributed by atoms with Gasteiger partial charge in [-0.15, -0.1) is 4.98 Å². The highest BCUT2D eigenvalue weighted by atomic mass is 32.2. The quantitative estimate of drug-likeness (QED) is 0.401. The van der Waals surface area contributed by atoms with E-state index in [1.165, 1.54) is 0 Å². The van der Waals surface area contributed by atoms with Gasteiger partial charge < -0.3 is 14.0 Å². The predicted octanol–water partition coefficient (Wildman–Crippen LogP) is 1.20. The van der Waals surface area contributed by atoms with Crippen LogP contribution >= 0.6 is 0 Å². The number of methoxy groups -OCH3 is 1. The summed E-state index contributed by atoms with van der Waals surface area (Å²) in [4.78, 5) is 13.5. The lowest BCUT2D eigenvalue weighted by molar-refractivity contribution is -0.0517. The van der Waals surface area contributed by atoms with Crippen LogP contribution in [0.4, 0.5) is 19.1 Å². The number of alkyl halides is 3. The minimum absolute atomic E-state index is 0.129. The minimum Gasteiger partial charge on any atom is -0.741 e. The van der Waals surface area contributed by atoms with Crippen LogP contribution in [0.1, 0.15) is 26.6 Å². The fraction of sp³-hybridized carbons (Fsp3) is 0.786. The maximum absolute atomic E-state index is 10.7. The number of ether oxygens (including phenoxy) is 2. The van der Waals surface area contributed by atoms with Gasteiger partial charge in [0.05, 0.1) is 27.4 Å². The van der Waals surface area contributed by atoms with Crippen molar-refractivity contribution in [3.8, 4) is 6.01 Å². The summed E-state index contributed by atoms with van der Waals surface area (Å²) in [6.45, 7) is 9.47. The van der Waals surface area contributed by atoms with Crippen molar-refractivity contribution < 1.29 is 35.6 Å². The van der Waals surface area contributed by atoms with Crippen molar-refractivity contribution in [2.75, 3.05) is 40.5 Å². The Labute approximate surface area is 155 Å². The SMILES string of the molecule is COc1nc(C(C)(C)C)nc([N+]2(C)CCOCC2)n1.O=S(=O)([O-])C(F)(F)F. The van der Waals surface area contributed by atoms with Gasteiger partial charge in [0.2, 0.25) is 0 Å². The average Bonchev–Trinajstić information content (AvgIpc) is 2.53. The Morgan fingerprint density at radius 2 is 1.59 bits per heavy atom. The lowest BCUT2D eigenvalue weighted by Gasteiger charge is -2.35. The van der Waals surface area contributed by atoms with E-state index in [0.29, 0.717) is 10.5 Å². The molecule has 0 spiro atoms. The highest BCUT2D eigenvalue weighted by molar-refractivity contribution is 7.86. The van der Waals surface area contributed by atoms with E-state index < -0.39 is 15.6 Å². The molecule has 0 bridgehead atoms. The molecule has 0 saturated carbocycles. The molecule has 2 rings (SSSR count). The van der Waals surface area contributed by atoms with E-state index in [1.807, 2.05) is 0 Å². The van der Waals surface area contributed by atoms with Crippen molar-refractivity contribution in [3.63, 3.8) is 0 Å². The molecule has 0 aromatic carbocycles. The van der Waals surface area contributed by atoms with Gasteiger partial charge in [-0.2, -0.15) is 23.1 Å². The summed E-state index contributed by atoms with van der Waals surface area (Å²) in [6.07, 6.45) is 0. The third kappa shape index (κ3) is 6.52. The van der Waals surface area contributed by atoms with Crippen LogP contribution in [0.5, 0.6) is 6.01 Å². The topological polar surface area (TPSA) is 114 Å². The summed E-state index contributed by atoms with van der Waals surface area (Å²) in [6, 6.07) is 0.390. The summed E-state index contributed by atoms with van der Waals surface area (Å²) in [5.41, 5.74) is -5.77. The fourth-order valence-corrected chi connectivity index (χ4v) is 1.96. The second-order valence-corrected chi connectivity index (χ2v) is 8.42. The molecule has 0 aliphatic carbocycles. The van der Waals surface area contributed by atoms with Crippen LogP contribution in [0, 0.1) is 0 Å². The van der Waals surface area contributed by atoms with Gasteiger partial charge in [0, 0.05) is 5.41 Å². The Morgan fingerprint density at radius 1 is 1.11 bits per heavy atom. The average molecular weight is 416 g/mol. The molecule has 1 aromatic rings. The van der Waals surface area contributed by atoms with Crippen molar-refractivity contribution in [3.05, 3.63) is 5.82 Å². The molecule has 0 N–H and O–H groups in total. The number of rotatable bonds is 2. The van der Waals surface area contributed by atoms with Gasteiger partial charge in [-0.3, -0.25) is 4.48 Å². The molecule has 2 heterocycles. The number of quaternary nitrogens is 1. The van der Waals surface area contributed by atoms with Crippen LogP contribution in [0.15, 0.2) is 0 Å². The van der Waals surface area contributed by atoms with Crippen LogP contribution in [0.2, 0.25) is 0 Å². The first-order chi connectivity index (χ1) is 12.1. The van der Waals surface area contributed by atoms with Gasteiger partial charge in [0.25, 0.3) is 0 Å². The maximum Gasteiger partial charge on any atom is 0.485 e. The molecule has 27 heavy (non-hydrogen) atoms. The summed E-state index contributed by atoms with van der Waals surface area (Å²) < 4.78 is 70.2. The number of morpholine rings is 1. The van der Waals surface area contributed by atoms with Crippen LogP contribution in [0.3, 0.4) is 0 Å². The normalized spacial score (nSPS) is 17.7. The molecule has 9 nitrogen and oxygen atoms in total. The number of halogens is 3. The van der Waals surface area contributed by atoms with Gasteiger partial charge in [-0.1, -0.05) is 20.8 Å². The second-order valence-electron chi connectivity index (χ2n) is 7.05. The molecular weight excluding hydrogens is 393 g/mol. The molecule has 1 fully saturated rings. The number of likely N-dealkylation sites (N-methyl/N-ethyl adjacent to an activating group) is 1. The van der Waals surface area contributed by atoms with Gasteiger partial charge in [-0.05, 0) is 0 Å². The molecule has 1 aromatic heterocycles. The Balaban J connectivity index is 0.000000387. The predicted molar refractivity (Wildman–Crippen MR) is 89.1 cm³/mol. The van der Waals surface area contributed by atoms with Crippen molar-refractivity contribution in [2.45, 2.75) is 31.7 Å². The number of hydrogen-bond donors (Lipinski definition) is 0. The summed E-state index contributed by atoms with van der Waals surface area (Å²) in [7, 11) is -2.37. The summed E-state index contributed by atoms with van der Waals surface area (Å²) >= 11 is 0. The first-order valence-electron chi connectivity index (χ1n) is 7.86. The van der Waals surface area contributed by atoms with E-state index >= 15 is 0 Å². The highest BCUT2D eigenvalue weighted by Gasteiger charge is 2.37. The van der Waals surface area contributed by atoms with Crippen LogP contribution in [-0.4, -0.2) is 73.9 Å². The monoisotopic (exact) mass is 416 g/mol. The second kappa shape index (κ2) is 8.20. The maximum atomic E-state index is 10.7. The Bertz CT molecular complexity index is 744. The zero-order valence-corrected chi connectivity index (χ0v) is 16.5. The van der Waals surface area contributed by atoms with E-state index in [1.54, 1.807) is 7.11 Å². The van der Waals surface area contributed by atoms with Gasteiger partial charge >= 0.3 is 17.5 Å². The van der Waals surface area contributed by atoms with Crippen LogP contribution in [0.25, 0.3) is 0 Å². The molecule has 13 heteroatoms. The third-order valence-electron chi connectivity index (χ3n) is 3.68. The van der Waals surface area contributed by atoms with Gasteiger partial charge in [0.1, 0.15) is 18.9 Å². The van der Waals surface area contributed by atoms with Gasteiger partial charge in [0.15, 0.2) is 10.1 Å². The smallest absolute Gasteiger partial charge is 0.485 e. The largest absolute Gasteiger partial charge is 0.741 e. The van der Waals surface area contributed by atoms with Gasteiger partial charge in [-0.25, -0.2) is 8.42 Å². The van der Waals surface area contributed by atoms with E-state index in [0.717, 1.165) is 38.1 Å². The lowest BCUT2D eigenvalue weighted by Crippen LogP contribution is -2.54. The fourth-order valence-electron chi connectivity index (χ4n) is 1.96. The standard InChI is InChI=1S/C13H23N4O2.CHF3O3S/c1-13(2,3)10-14-11(16-12(15-10)18-5)17(4)6-8-19-9-7-17;2-1(3,4)8(5,6)7/h6-9H2,1-5H3;(H,5,6,7)/q+1;/p-1. The molecule has 1 aliphatic rings. The van der Waals surface area contributed by atoms with E-state index in [4.69, 9.17) is 22.4 Å². The van der Waals surface area contributed by atoms with E-state index in [9.17, 15) is 13.2 Å². The number of aromatic nitrogens is 3. The van der Waals surface area contributed by atoms with E-state index in [2.05, 4.69) is 42.8 Å². The van der Waals surface area contributed by atoms with Crippen LogP contribution < -0.4 is 9.22 Å². The number of hydrogen-bond acceptors (Lipinski definition) is 8. The Hall–Kier alpha value is -1.57. The molecule has 1 saturated heterocycles. The number of nitrogens with zero attached hydrogens (tertiary/aromatic N) is 4. The molecular formula is C14H23F3N4O5S. The molecule has 0 radical (unpaired) electrons. The van der Waals surface area contributed by atoms with Crippen molar-refractivity contribution >= 4 is 16.1 Å². The van der Waals surface area contributed by atoms with E-state index in [-0.39, 0.29) is 5.41 Å². The zero-order valence-electron chi connectivity index (χ0n) is 15.7. The Morgan fingerprint density at radius 3 is 1.96 bits per heavy atom. The molecule has 0 atom stereocenters. The molecule has 0 unspecified atom stereocenters. The Kier molecular flexibility index (Phi) is 7.13. The summed E-state index contributed by atoms with van der Waals surface area (Å²) in [5.74, 6) is 1.53.